The van der Waals surface area contributed by atoms with Crippen molar-refractivity contribution in [1.29, 1.82) is 0 Å². The van der Waals surface area contributed by atoms with Crippen molar-refractivity contribution in [2.24, 2.45) is 11.5 Å². The van der Waals surface area contributed by atoms with E-state index in [4.69, 9.17) is 11.5 Å². The number of hydrogen-bond donors (Lipinski definition) is 3. The lowest BCUT2D eigenvalue weighted by Crippen LogP contribution is -2.15. The van der Waals surface area contributed by atoms with Gasteiger partial charge in [0.1, 0.15) is 0 Å². The molecule has 1 amide bonds. The number of nitrogens with one attached hydrogen (secondary N) is 1. The van der Waals surface area contributed by atoms with Gasteiger partial charge in [-0.3, -0.25) is 4.79 Å². The van der Waals surface area contributed by atoms with Crippen LogP contribution in [-0.2, 0) is 4.79 Å². The Labute approximate surface area is 101 Å². The molecule has 0 bridgehead atoms. The van der Waals surface area contributed by atoms with Crippen LogP contribution in [0.3, 0.4) is 0 Å². The zero-order chi connectivity index (χ0) is 12.7. The molecule has 0 radical (unpaired) electrons. The van der Waals surface area contributed by atoms with Crippen molar-refractivity contribution in [2.45, 2.75) is 13.0 Å². The Morgan fingerprint density at radius 2 is 2.00 bits per heavy atom. The van der Waals surface area contributed by atoms with Crippen LogP contribution in [-0.4, -0.2) is 6.41 Å². The van der Waals surface area contributed by atoms with Crippen LogP contribution in [0.5, 0.6) is 0 Å². The van der Waals surface area contributed by atoms with Crippen molar-refractivity contribution >= 4 is 12.1 Å². The first-order valence-corrected chi connectivity index (χ1v) is 5.33. The average molecular weight is 231 g/mol. The second-order valence-electron chi connectivity index (χ2n) is 3.64. The first-order chi connectivity index (χ1) is 8.19. The molecule has 1 unspecified atom stereocenters. The van der Waals surface area contributed by atoms with Gasteiger partial charge in [0.05, 0.1) is 6.04 Å². The normalized spacial score (nSPS) is 13.6. The van der Waals surface area contributed by atoms with Crippen LogP contribution < -0.4 is 16.8 Å². The number of allylic oxidation sites excluding steroid dienone is 2. The molecular weight excluding hydrogens is 214 g/mol. The zero-order valence-electron chi connectivity index (χ0n) is 9.76. The van der Waals surface area contributed by atoms with Crippen molar-refractivity contribution in [1.82, 2.24) is 5.32 Å². The van der Waals surface area contributed by atoms with E-state index in [9.17, 15) is 4.79 Å². The van der Waals surface area contributed by atoms with Gasteiger partial charge in [0.2, 0.25) is 6.41 Å². The van der Waals surface area contributed by atoms with Gasteiger partial charge in [-0.2, -0.15) is 0 Å². The van der Waals surface area contributed by atoms with E-state index in [0.717, 1.165) is 11.1 Å². The summed E-state index contributed by atoms with van der Waals surface area (Å²) in [6, 6.07) is 7.69. The third kappa shape index (κ3) is 3.68. The molecule has 4 heteroatoms. The maximum atomic E-state index is 10.3. The molecule has 0 saturated carbocycles. The summed E-state index contributed by atoms with van der Waals surface area (Å²) in [5.41, 5.74) is 13.7. The van der Waals surface area contributed by atoms with E-state index in [1.54, 1.807) is 12.2 Å². The molecule has 0 aromatic heterocycles. The molecule has 4 nitrogen and oxygen atoms in total. The maximum absolute atomic E-state index is 10.3. The van der Waals surface area contributed by atoms with Gasteiger partial charge in [-0.15, -0.1) is 0 Å². The minimum Gasteiger partial charge on any atom is -0.405 e. The van der Waals surface area contributed by atoms with Gasteiger partial charge < -0.3 is 16.8 Å². The van der Waals surface area contributed by atoms with Crippen LogP contribution in [0.25, 0.3) is 5.70 Å². The minimum absolute atomic E-state index is 0.00399. The summed E-state index contributed by atoms with van der Waals surface area (Å²) in [4.78, 5) is 10.3. The lowest BCUT2D eigenvalue weighted by molar-refractivity contribution is -0.110. The summed E-state index contributed by atoms with van der Waals surface area (Å²) in [6.45, 7) is 1.92. The lowest BCUT2D eigenvalue weighted by Gasteiger charge is -2.11. The first-order valence-electron chi connectivity index (χ1n) is 5.33. The quantitative estimate of drug-likeness (QED) is 0.527. The number of carbonyl (C=O) groups excluding carboxylic acids is 1. The number of benzene rings is 1. The molecule has 0 saturated heterocycles. The van der Waals surface area contributed by atoms with Crippen LogP contribution in [0.2, 0.25) is 0 Å². The molecule has 0 aliphatic carbocycles. The lowest BCUT2D eigenvalue weighted by atomic mass is 10.0. The van der Waals surface area contributed by atoms with Crippen molar-refractivity contribution in [3.05, 3.63) is 53.7 Å². The summed E-state index contributed by atoms with van der Waals surface area (Å²) in [6.07, 6.45) is 5.54. The zero-order valence-corrected chi connectivity index (χ0v) is 9.76. The van der Waals surface area contributed by atoms with E-state index in [2.05, 4.69) is 5.32 Å². The highest BCUT2D eigenvalue weighted by atomic mass is 16.1. The van der Waals surface area contributed by atoms with Crippen molar-refractivity contribution < 1.29 is 4.79 Å². The Bertz CT molecular complexity index is 421. The number of hydrogen-bond acceptors (Lipinski definition) is 3. The molecule has 1 aromatic rings. The second kappa shape index (κ2) is 6.37. The van der Waals surface area contributed by atoms with Gasteiger partial charge in [0, 0.05) is 5.70 Å². The average Bonchev–Trinajstić information content (AvgIpc) is 2.36. The molecule has 90 valence electrons. The number of nitrogens with two attached hydrogens (primary N) is 2. The van der Waals surface area contributed by atoms with Gasteiger partial charge in [-0.05, 0) is 36.4 Å². The Hall–Kier alpha value is -2.23. The van der Waals surface area contributed by atoms with E-state index < -0.39 is 0 Å². The second-order valence-corrected chi connectivity index (χ2v) is 3.64. The van der Waals surface area contributed by atoms with Crippen LogP contribution in [0, 0.1) is 0 Å². The topological polar surface area (TPSA) is 81.1 Å². The molecule has 0 fully saturated rings. The highest BCUT2D eigenvalue weighted by Crippen LogP contribution is 2.15. The van der Waals surface area contributed by atoms with Crippen LogP contribution >= 0.6 is 0 Å². The molecule has 17 heavy (non-hydrogen) atoms. The van der Waals surface area contributed by atoms with Crippen molar-refractivity contribution in [3.8, 4) is 0 Å². The fourth-order valence-corrected chi connectivity index (χ4v) is 1.42. The molecule has 0 spiro atoms. The van der Waals surface area contributed by atoms with Crippen molar-refractivity contribution in [3.63, 3.8) is 0 Å². The van der Waals surface area contributed by atoms with E-state index in [1.807, 2.05) is 31.2 Å². The van der Waals surface area contributed by atoms with E-state index >= 15 is 0 Å². The van der Waals surface area contributed by atoms with Crippen LogP contribution in [0.4, 0.5) is 0 Å². The molecule has 0 aliphatic heterocycles. The smallest absolute Gasteiger partial charge is 0.207 e. The largest absolute Gasteiger partial charge is 0.405 e. The van der Waals surface area contributed by atoms with Gasteiger partial charge in [0.25, 0.3) is 0 Å². The fourth-order valence-electron chi connectivity index (χ4n) is 1.42. The third-order valence-electron chi connectivity index (χ3n) is 2.45. The Balaban J connectivity index is 2.84. The summed E-state index contributed by atoms with van der Waals surface area (Å²) in [5.74, 6) is 0. The highest BCUT2D eigenvalue weighted by Gasteiger charge is 2.03. The molecule has 5 N–H and O–H groups in total. The first kappa shape index (κ1) is 12.8. The highest BCUT2D eigenvalue weighted by molar-refractivity contribution is 5.64. The van der Waals surface area contributed by atoms with Gasteiger partial charge in [-0.1, -0.05) is 24.3 Å². The number of amides is 1. The summed E-state index contributed by atoms with van der Waals surface area (Å²) < 4.78 is 0. The number of rotatable bonds is 5. The molecule has 1 atom stereocenters. The molecule has 1 aromatic carbocycles. The standard InChI is InChI=1S/C13H17N3O/c1-10(16-9-17)11-4-6-12(7-5-11)13(15)3-2-8-14/h2-10H,14-15H2,1H3,(H,16,17)/b8-2-,13-3-. The molecular formula is C13H17N3O. The van der Waals surface area contributed by atoms with E-state index in [1.165, 1.54) is 6.20 Å². The summed E-state index contributed by atoms with van der Waals surface area (Å²) >= 11 is 0. The van der Waals surface area contributed by atoms with Crippen LogP contribution in [0.15, 0.2) is 42.6 Å². The van der Waals surface area contributed by atoms with Gasteiger partial charge >= 0.3 is 0 Å². The van der Waals surface area contributed by atoms with E-state index in [0.29, 0.717) is 12.1 Å². The Kier molecular flexibility index (Phi) is 4.81. The third-order valence-corrected chi connectivity index (χ3v) is 2.45. The van der Waals surface area contributed by atoms with E-state index in [-0.39, 0.29) is 6.04 Å². The summed E-state index contributed by atoms with van der Waals surface area (Å²) in [5, 5.41) is 2.69. The predicted octanol–water partition coefficient (Wildman–Crippen LogP) is 1.27. The Morgan fingerprint density at radius 1 is 1.35 bits per heavy atom. The minimum atomic E-state index is -0.00399. The maximum Gasteiger partial charge on any atom is 0.207 e. The molecule has 1 rings (SSSR count). The summed E-state index contributed by atoms with van der Waals surface area (Å²) in [7, 11) is 0. The SMILES string of the molecule is CC(NC=O)c1ccc(/C(N)=C/C=C\N)cc1. The van der Waals surface area contributed by atoms with Gasteiger partial charge in [0.15, 0.2) is 0 Å². The van der Waals surface area contributed by atoms with Gasteiger partial charge in [-0.25, -0.2) is 0 Å². The molecule has 0 heterocycles. The fraction of sp³-hybridized carbons (Fsp3) is 0.154. The molecule has 0 aliphatic rings. The monoisotopic (exact) mass is 231 g/mol. The van der Waals surface area contributed by atoms with Crippen LogP contribution in [0.1, 0.15) is 24.1 Å². The number of carbonyl (C=O) groups is 1. The predicted molar refractivity (Wildman–Crippen MR) is 69.5 cm³/mol. The Morgan fingerprint density at radius 3 is 2.53 bits per heavy atom. The van der Waals surface area contributed by atoms with Crippen molar-refractivity contribution in [2.75, 3.05) is 0 Å².